The van der Waals surface area contributed by atoms with Crippen LogP contribution < -0.4 is 5.73 Å². The quantitative estimate of drug-likeness (QED) is 0.880. The van der Waals surface area contributed by atoms with Crippen LogP contribution in [0, 0.1) is 11.8 Å². The van der Waals surface area contributed by atoms with E-state index in [4.69, 9.17) is 5.73 Å². The highest BCUT2D eigenvalue weighted by atomic mass is 16.4. The number of hydrogen-bond acceptors (Lipinski definition) is 3. The number of nitrogens with two attached hydrogens (primary N) is 1. The van der Waals surface area contributed by atoms with Gasteiger partial charge < -0.3 is 10.8 Å². The van der Waals surface area contributed by atoms with Gasteiger partial charge in [0.15, 0.2) is 0 Å². The first-order valence-electron chi connectivity index (χ1n) is 7.39. The van der Waals surface area contributed by atoms with Crippen molar-refractivity contribution in [2.24, 2.45) is 17.6 Å². The molecule has 4 nitrogen and oxygen atoms in total. The number of piperidine rings is 1. The molecule has 1 saturated carbocycles. The van der Waals surface area contributed by atoms with Crippen molar-refractivity contribution >= 4 is 5.97 Å². The molecule has 2 atom stereocenters. The summed E-state index contributed by atoms with van der Waals surface area (Å²) in [5, 5.41) is 9.54. The zero-order valence-corrected chi connectivity index (χ0v) is 11.7. The first-order valence-corrected chi connectivity index (χ1v) is 7.39. The molecule has 1 heterocycles. The van der Waals surface area contributed by atoms with E-state index in [2.05, 4.69) is 17.0 Å². The van der Waals surface area contributed by atoms with Gasteiger partial charge in [-0.05, 0) is 18.4 Å². The smallest absolute Gasteiger partial charge is 0.324 e. The molecular formula is C16H22N2O2. The summed E-state index contributed by atoms with van der Waals surface area (Å²) in [4.78, 5) is 14.0. The number of carboxylic acids is 1. The Labute approximate surface area is 119 Å². The van der Waals surface area contributed by atoms with Crippen LogP contribution in [0.4, 0.5) is 0 Å². The number of fused-ring (bicyclic) bond motifs is 2. The Bertz CT molecular complexity index is 475. The predicted molar refractivity (Wildman–Crippen MR) is 77.1 cm³/mol. The summed E-state index contributed by atoms with van der Waals surface area (Å²) in [6.45, 7) is 2.49. The summed E-state index contributed by atoms with van der Waals surface area (Å²) >= 11 is 0. The second kappa shape index (κ2) is 5.19. The van der Waals surface area contributed by atoms with Crippen molar-refractivity contribution in [2.45, 2.75) is 31.3 Å². The molecule has 0 amide bonds. The number of aliphatic carboxylic acids is 1. The van der Waals surface area contributed by atoms with Gasteiger partial charge in [-0.1, -0.05) is 36.8 Å². The van der Waals surface area contributed by atoms with Crippen LogP contribution in [0.2, 0.25) is 0 Å². The van der Waals surface area contributed by atoms with E-state index in [1.54, 1.807) is 0 Å². The van der Waals surface area contributed by atoms with E-state index in [1.165, 1.54) is 5.56 Å². The van der Waals surface area contributed by atoms with Crippen molar-refractivity contribution < 1.29 is 9.90 Å². The van der Waals surface area contributed by atoms with Crippen molar-refractivity contribution in [1.29, 1.82) is 0 Å². The number of hydrogen-bond donors (Lipinski definition) is 2. The van der Waals surface area contributed by atoms with Crippen molar-refractivity contribution in [3.8, 4) is 0 Å². The van der Waals surface area contributed by atoms with Gasteiger partial charge >= 0.3 is 5.97 Å². The summed E-state index contributed by atoms with van der Waals surface area (Å²) in [7, 11) is 0. The standard InChI is InChI=1S/C16H22N2O2/c17-16(15(19)20)13-7-4-8-14(16)11-18(10-13)9-12-5-2-1-3-6-12/h1-3,5-6,13-14H,4,7-11,17H2,(H,19,20)/t13-,14-/m0/s1. The molecule has 20 heavy (non-hydrogen) atoms. The van der Waals surface area contributed by atoms with E-state index < -0.39 is 11.5 Å². The fraction of sp³-hybridized carbons (Fsp3) is 0.562. The predicted octanol–water partition coefficient (Wildman–Crippen LogP) is 1.70. The van der Waals surface area contributed by atoms with Crippen LogP contribution in [0.3, 0.4) is 0 Å². The van der Waals surface area contributed by atoms with Gasteiger partial charge in [-0.2, -0.15) is 0 Å². The molecule has 0 unspecified atom stereocenters. The molecule has 1 aromatic carbocycles. The maximum atomic E-state index is 11.6. The lowest BCUT2D eigenvalue weighted by molar-refractivity contribution is -0.154. The number of likely N-dealkylation sites (tertiary alicyclic amines) is 1. The molecule has 0 radical (unpaired) electrons. The highest BCUT2D eigenvalue weighted by molar-refractivity contribution is 5.80. The van der Waals surface area contributed by atoms with Gasteiger partial charge in [-0.15, -0.1) is 0 Å². The Morgan fingerprint density at radius 2 is 1.85 bits per heavy atom. The van der Waals surface area contributed by atoms with E-state index in [1.807, 2.05) is 18.2 Å². The molecule has 2 fully saturated rings. The Morgan fingerprint density at radius 1 is 1.25 bits per heavy atom. The first-order chi connectivity index (χ1) is 9.60. The summed E-state index contributed by atoms with van der Waals surface area (Å²) < 4.78 is 0. The summed E-state index contributed by atoms with van der Waals surface area (Å²) in [5.74, 6) is -0.654. The third-order valence-electron chi connectivity index (χ3n) is 5.03. The normalized spacial score (nSPS) is 33.9. The fourth-order valence-electron chi connectivity index (χ4n) is 3.92. The van der Waals surface area contributed by atoms with Gasteiger partial charge in [0, 0.05) is 31.5 Å². The zero-order chi connectivity index (χ0) is 14.2. The van der Waals surface area contributed by atoms with Crippen LogP contribution in [0.5, 0.6) is 0 Å². The van der Waals surface area contributed by atoms with Gasteiger partial charge in [-0.3, -0.25) is 9.69 Å². The van der Waals surface area contributed by atoms with Gasteiger partial charge in [0.25, 0.3) is 0 Å². The average Bonchev–Trinajstić information content (AvgIpc) is 2.41. The highest BCUT2D eigenvalue weighted by Gasteiger charge is 2.54. The summed E-state index contributed by atoms with van der Waals surface area (Å²) in [5.41, 5.74) is 6.56. The first kappa shape index (κ1) is 13.6. The van der Waals surface area contributed by atoms with E-state index >= 15 is 0 Å². The van der Waals surface area contributed by atoms with Crippen LogP contribution in [0.15, 0.2) is 30.3 Å². The topological polar surface area (TPSA) is 66.6 Å². The third-order valence-corrected chi connectivity index (χ3v) is 5.03. The molecule has 1 saturated heterocycles. The second-order valence-corrected chi connectivity index (χ2v) is 6.24. The Morgan fingerprint density at radius 3 is 2.40 bits per heavy atom. The van der Waals surface area contributed by atoms with E-state index in [0.29, 0.717) is 0 Å². The monoisotopic (exact) mass is 274 g/mol. The molecule has 0 aromatic heterocycles. The molecule has 4 heteroatoms. The molecule has 1 aromatic rings. The summed E-state index contributed by atoms with van der Waals surface area (Å²) in [6, 6.07) is 10.4. The minimum Gasteiger partial charge on any atom is -0.480 e. The fourth-order valence-corrected chi connectivity index (χ4v) is 3.92. The van der Waals surface area contributed by atoms with Crippen LogP contribution in [-0.4, -0.2) is 34.6 Å². The summed E-state index contributed by atoms with van der Waals surface area (Å²) in [6.07, 6.45) is 2.98. The van der Waals surface area contributed by atoms with Crippen molar-refractivity contribution in [3.05, 3.63) is 35.9 Å². The molecule has 108 valence electrons. The molecular weight excluding hydrogens is 252 g/mol. The lowest BCUT2D eigenvalue weighted by Gasteiger charge is -2.51. The van der Waals surface area contributed by atoms with E-state index in [9.17, 15) is 9.90 Å². The minimum absolute atomic E-state index is 0.0798. The largest absolute Gasteiger partial charge is 0.480 e. The zero-order valence-electron chi connectivity index (χ0n) is 11.7. The molecule has 2 aliphatic rings. The Balaban J connectivity index is 1.76. The maximum absolute atomic E-state index is 11.6. The van der Waals surface area contributed by atoms with Crippen LogP contribution in [0.25, 0.3) is 0 Å². The maximum Gasteiger partial charge on any atom is 0.324 e. The number of carboxylic acid groups (broad SMARTS) is 1. The lowest BCUT2D eigenvalue weighted by Crippen LogP contribution is -2.68. The number of benzene rings is 1. The second-order valence-electron chi connectivity index (χ2n) is 6.24. The molecule has 1 aliphatic heterocycles. The Kier molecular flexibility index (Phi) is 3.52. The SMILES string of the molecule is NC1(C(=O)O)[C@H]2CCC[C@H]1CN(Cc1ccccc1)C2. The molecule has 2 bridgehead atoms. The lowest BCUT2D eigenvalue weighted by atomic mass is 9.63. The number of nitrogens with zero attached hydrogens (tertiary/aromatic N) is 1. The average molecular weight is 274 g/mol. The van der Waals surface area contributed by atoms with Crippen molar-refractivity contribution in [1.82, 2.24) is 4.90 Å². The van der Waals surface area contributed by atoms with Crippen LogP contribution >= 0.6 is 0 Å². The van der Waals surface area contributed by atoms with E-state index in [-0.39, 0.29) is 11.8 Å². The number of rotatable bonds is 3. The van der Waals surface area contributed by atoms with E-state index in [0.717, 1.165) is 38.9 Å². The molecule has 0 spiro atoms. The molecule has 3 N–H and O–H groups in total. The highest BCUT2D eigenvalue weighted by Crippen LogP contribution is 2.41. The van der Waals surface area contributed by atoms with Gasteiger partial charge in [0.2, 0.25) is 0 Å². The molecule has 1 aliphatic carbocycles. The Hall–Kier alpha value is -1.39. The van der Waals surface area contributed by atoms with Crippen LogP contribution in [-0.2, 0) is 11.3 Å². The molecule has 3 rings (SSSR count). The van der Waals surface area contributed by atoms with Crippen LogP contribution in [0.1, 0.15) is 24.8 Å². The van der Waals surface area contributed by atoms with Crippen molar-refractivity contribution in [3.63, 3.8) is 0 Å². The number of carbonyl (C=O) groups is 1. The minimum atomic E-state index is -1.01. The third kappa shape index (κ3) is 2.23. The van der Waals surface area contributed by atoms with Crippen molar-refractivity contribution in [2.75, 3.05) is 13.1 Å². The van der Waals surface area contributed by atoms with Gasteiger partial charge in [0.1, 0.15) is 5.54 Å². The van der Waals surface area contributed by atoms with Gasteiger partial charge in [-0.25, -0.2) is 0 Å². The van der Waals surface area contributed by atoms with Gasteiger partial charge in [0.05, 0.1) is 0 Å².